The number of hydrogen-bond donors (Lipinski definition) is 2. The molecule has 0 unspecified atom stereocenters. The molecule has 7 nitrogen and oxygen atoms in total. The average molecular weight is 320 g/mol. The van der Waals surface area contributed by atoms with Crippen LogP contribution in [-0.4, -0.2) is 47.1 Å². The van der Waals surface area contributed by atoms with Crippen LogP contribution in [-0.2, 0) is 20.9 Å². The summed E-state index contributed by atoms with van der Waals surface area (Å²) >= 11 is 0. The molecule has 1 aromatic carbocycles. The van der Waals surface area contributed by atoms with E-state index in [0.717, 1.165) is 18.4 Å². The van der Waals surface area contributed by atoms with Gasteiger partial charge in [-0.15, -0.1) is 0 Å². The van der Waals surface area contributed by atoms with E-state index in [0.29, 0.717) is 13.0 Å². The summed E-state index contributed by atoms with van der Waals surface area (Å²) in [7, 11) is 0. The molecule has 124 valence electrons. The summed E-state index contributed by atoms with van der Waals surface area (Å²) in [5, 5.41) is 11.5. The normalized spacial score (nSPS) is 17.4. The second kappa shape index (κ2) is 8.17. The van der Waals surface area contributed by atoms with Crippen molar-refractivity contribution in [3.05, 3.63) is 35.9 Å². The number of carbonyl (C=O) groups excluding carboxylic acids is 2. The SMILES string of the molecule is O=C(NCC(=O)N1CCCC[C@@H]1C(=O)O)OCc1ccccc1. The van der Waals surface area contributed by atoms with Gasteiger partial charge in [0.2, 0.25) is 5.91 Å². The van der Waals surface area contributed by atoms with Gasteiger partial charge < -0.3 is 20.1 Å². The Morgan fingerprint density at radius 2 is 1.96 bits per heavy atom. The molecule has 2 N–H and O–H groups in total. The van der Waals surface area contributed by atoms with Gasteiger partial charge in [-0.2, -0.15) is 0 Å². The Hall–Kier alpha value is -2.57. The zero-order chi connectivity index (χ0) is 16.7. The summed E-state index contributed by atoms with van der Waals surface area (Å²) in [5.41, 5.74) is 0.843. The maximum absolute atomic E-state index is 12.1. The molecule has 2 rings (SSSR count). The summed E-state index contributed by atoms with van der Waals surface area (Å²) in [6.07, 6.45) is 1.30. The number of carboxylic acids is 1. The maximum atomic E-state index is 12.1. The van der Waals surface area contributed by atoms with Gasteiger partial charge in [0, 0.05) is 6.54 Å². The van der Waals surface area contributed by atoms with E-state index in [-0.39, 0.29) is 13.2 Å². The number of benzene rings is 1. The van der Waals surface area contributed by atoms with Crippen molar-refractivity contribution in [3.63, 3.8) is 0 Å². The zero-order valence-corrected chi connectivity index (χ0v) is 12.7. The van der Waals surface area contributed by atoms with Gasteiger partial charge in [-0.1, -0.05) is 30.3 Å². The van der Waals surface area contributed by atoms with Crippen LogP contribution in [0.25, 0.3) is 0 Å². The molecule has 1 saturated heterocycles. The smallest absolute Gasteiger partial charge is 0.407 e. The Morgan fingerprint density at radius 3 is 2.65 bits per heavy atom. The number of hydrogen-bond acceptors (Lipinski definition) is 4. The number of piperidine rings is 1. The van der Waals surface area contributed by atoms with E-state index in [4.69, 9.17) is 9.84 Å². The number of carboxylic acid groups (broad SMARTS) is 1. The second-order valence-electron chi connectivity index (χ2n) is 5.35. The van der Waals surface area contributed by atoms with Crippen molar-refractivity contribution in [1.82, 2.24) is 10.2 Å². The Balaban J connectivity index is 1.76. The standard InChI is InChI=1S/C16H20N2O5/c19-14(18-9-5-4-8-13(18)15(20)21)10-17-16(22)23-11-12-6-2-1-3-7-12/h1-3,6-7,13H,4-5,8-11H2,(H,17,22)(H,20,21)/t13-/m1/s1. The fourth-order valence-electron chi connectivity index (χ4n) is 2.51. The summed E-state index contributed by atoms with van der Waals surface area (Å²) in [6.45, 7) is 0.246. The van der Waals surface area contributed by atoms with Crippen LogP contribution in [0.1, 0.15) is 24.8 Å². The van der Waals surface area contributed by atoms with Crippen LogP contribution >= 0.6 is 0 Å². The number of carbonyl (C=O) groups is 3. The lowest BCUT2D eigenvalue weighted by atomic mass is 10.0. The largest absolute Gasteiger partial charge is 0.480 e. The highest BCUT2D eigenvalue weighted by Gasteiger charge is 2.31. The predicted molar refractivity (Wildman–Crippen MR) is 81.6 cm³/mol. The van der Waals surface area contributed by atoms with Crippen LogP contribution in [0.3, 0.4) is 0 Å². The van der Waals surface area contributed by atoms with Crippen molar-refractivity contribution in [2.45, 2.75) is 31.9 Å². The monoisotopic (exact) mass is 320 g/mol. The lowest BCUT2D eigenvalue weighted by Crippen LogP contribution is -2.51. The molecule has 7 heteroatoms. The Labute approximate surface area is 134 Å². The predicted octanol–water partition coefficient (Wildman–Crippen LogP) is 1.38. The van der Waals surface area contributed by atoms with Crippen molar-refractivity contribution in [2.24, 2.45) is 0 Å². The summed E-state index contributed by atoms with van der Waals surface area (Å²) in [5.74, 6) is -1.42. The number of amides is 2. The average Bonchev–Trinajstić information content (AvgIpc) is 2.58. The number of nitrogens with zero attached hydrogens (tertiary/aromatic N) is 1. The highest BCUT2D eigenvalue weighted by atomic mass is 16.5. The first kappa shape index (κ1) is 16.8. The van der Waals surface area contributed by atoms with Crippen molar-refractivity contribution in [1.29, 1.82) is 0 Å². The van der Waals surface area contributed by atoms with Crippen LogP contribution in [0.4, 0.5) is 4.79 Å². The van der Waals surface area contributed by atoms with Crippen molar-refractivity contribution >= 4 is 18.0 Å². The quantitative estimate of drug-likeness (QED) is 0.854. The number of likely N-dealkylation sites (tertiary alicyclic amines) is 1. The fourth-order valence-corrected chi connectivity index (χ4v) is 2.51. The van der Waals surface area contributed by atoms with E-state index in [1.807, 2.05) is 30.3 Å². The Morgan fingerprint density at radius 1 is 1.22 bits per heavy atom. The molecule has 1 aliphatic rings. The number of rotatable bonds is 5. The van der Waals surface area contributed by atoms with Gasteiger partial charge in [0.25, 0.3) is 0 Å². The number of aliphatic carboxylic acids is 1. The minimum absolute atomic E-state index is 0.113. The summed E-state index contributed by atoms with van der Waals surface area (Å²) in [4.78, 5) is 36.2. The van der Waals surface area contributed by atoms with Gasteiger partial charge in [0.15, 0.2) is 0 Å². The van der Waals surface area contributed by atoms with Crippen LogP contribution in [0.2, 0.25) is 0 Å². The first-order valence-corrected chi connectivity index (χ1v) is 7.55. The van der Waals surface area contributed by atoms with E-state index in [9.17, 15) is 14.4 Å². The molecule has 1 heterocycles. The molecular formula is C16H20N2O5. The molecule has 0 radical (unpaired) electrons. The minimum Gasteiger partial charge on any atom is -0.480 e. The molecule has 1 aromatic rings. The molecule has 0 spiro atoms. The van der Waals surface area contributed by atoms with E-state index < -0.39 is 24.0 Å². The maximum Gasteiger partial charge on any atom is 0.407 e. The first-order chi connectivity index (χ1) is 11.1. The molecule has 1 atom stereocenters. The molecule has 1 fully saturated rings. The van der Waals surface area contributed by atoms with Crippen LogP contribution in [0.5, 0.6) is 0 Å². The number of ether oxygens (including phenoxy) is 1. The van der Waals surface area contributed by atoms with E-state index in [2.05, 4.69) is 5.32 Å². The molecule has 0 saturated carbocycles. The highest BCUT2D eigenvalue weighted by Crippen LogP contribution is 2.17. The van der Waals surface area contributed by atoms with Gasteiger partial charge in [0.05, 0.1) is 0 Å². The first-order valence-electron chi connectivity index (χ1n) is 7.55. The van der Waals surface area contributed by atoms with Gasteiger partial charge in [0.1, 0.15) is 19.2 Å². The third-order valence-corrected chi connectivity index (χ3v) is 3.70. The molecule has 0 aromatic heterocycles. The van der Waals surface area contributed by atoms with Crippen LogP contribution < -0.4 is 5.32 Å². The molecule has 23 heavy (non-hydrogen) atoms. The summed E-state index contributed by atoms with van der Waals surface area (Å²) < 4.78 is 5.00. The van der Waals surface area contributed by atoms with Crippen molar-refractivity contribution in [2.75, 3.05) is 13.1 Å². The highest BCUT2D eigenvalue weighted by molar-refractivity contribution is 5.86. The van der Waals surface area contributed by atoms with Crippen molar-refractivity contribution < 1.29 is 24.2 Å². The number of alkyl carbamates (subject to hydrolysis) is 1. The number of nitrogens with one attached hydrogen (secondary N) is 1. The molecule has 0 bridgehead atoms. The van der Waals surface area contributed by atoms with Crippen LogP contribution in [0, 0.1) is 0 Å². The molecule has 2 amide bonds. The molecule has 0 aliphatic carbocycles. The lowest BCUT2D eigenvalue weighted by Gasteiger charge is -2.32. The van der Waals surface area contributed by atoms with Gasteiger partial charge in [-0.25, -0.2) is 9.59 Å². The lowest BCUT2D eigenvalue weighted by molar-refractivity contribution is -0.151. The van der Waals surface area contributed by atoms with Gasteiger partial charge >= 0.3 is 12.1 Å². The second-order valence-corrected chi connectivity index (χ2v) is 5.35. The zero-order valence-electron chi connectivity index (χ0n) is 12.7. The van der Waals surface area contributed by atoms with Crippen molar-refractivity contribution in [3.8, 4) is 0 Å². The third kappa shape index (κ3) is 4.98. The molecule has 1 aliphatic heterocycles. The molecular weight excluding hydrogens is 300 g/mol. The van der Waals surface area contributed by atoms with E-state index in [1.165, 1.54) is 4.90 Å². The van der Waals surface area contributed by atoms with Crippen LogP contribution in [0.15, 0.2) is 30.3 Å². The van der Waals surface area contributed by atoms with Gasteiger partial charge in [-0.3, -0.25) is 4.79 Å². The Bertz CT molecular complexity index is 561. The fraction of sp³-hybridized carbons (Fsp3) is 0.438. The van der Waals surface area contributed by atoms with Gasteiger partial charge in [-0.05, 0) is 24.8 Å². The van der Waals surface area contributed by atoms with E-state index in [1.54, 1.807) is 0 Å². The third-order valence-electron chi connectivity index (χ3n) is 3.70. The topological polar surface area (TPSA) is 95.9 Å². The van der Waals surface area contributed by atoms with E-state index >= 15 is 0 Å². The Kier molecular flexibility index (Phi) is 5.96. The minimum atomic E-state index is -1.01. The summed E-state index contributed by atoms with van der Waals surface area (Å²) in [6, 6.07) is 8.37.